The summed E-state index contributed by atoms with van der Waals surface area (Å²) >= 11 is 0. The molecule has 0 radical (unpaired) electrons. The number of imidazole rings is 1. The van der Waals surface area contributed by atoms with E-state index in [2.05, 4.69) is 15.3 Å². The van der Waals surface area contributed by atoms with Crippen LogP contribution >= 0.6 is 0 Å². The molecule has 1 amide bonds. The highest BCUT2D eigenvalue weighted by molar-refractivity contribution is 6.34. The van der Waals surface area contributed by atoms with Gasteiger partial charge in [-0.15, -0.1) is 0 Å². The molecule has 0 spiro atoms. The first-order valence-corrected chi connectivity index (χ1v) is 9.07. The van der Waals surface area contributed by atoms with Crippen molar-refractivity contribution >= 4 is 23.2 Å². The molecule has 6 nitrogen and oxygen atoms in total. The Bertz CT molecular complexity index is 848. The zero-order valence-electron chi connectivity index (χ0n) is 15.0. The van der Waals surface area contributed by atoms with Crippen molar-refractivity contribution < 1.29 is 14.3 Å². The van der Waals surface area contributed by atoms with E-state index < -0.39 is 0 Å². The predicted molar refractivity (Wildman–Crippen MR) is 100 cm³/mol. The third-order valence-electron chi connectivity index (χ3n) is 4.70. The largest absolute Gasteiger partial charge is 0.491 e. The van der Waals surface area contributed by atoms with Crippen molar-refractivity contribution in [2.45, 2.75) is 38.7 Å². The van der Waals surface area contributed by atoms with Crippen molar-refractivity contribution in [2.75, 3.05) is 18.5 Å². The average Bonchev–Trinajstić information content (AvgIpc) is 3.21. The summed E-state index contributed by atoms with van der Waals surface area (Å²) in [7, 11) is 0. The molecule has 26 heavy (non-hydrogen) atoms. The summed E-state index contributed by atoms with van der Waals surface area (Å²) in [5.41, 5.74) is 3.35. The minimum atomic E-state index is -0.120. The molecule has 0 bridgehead atoms. The number of fused-ring (bicyclic) bond motifs is 1. The van der Waals surface area contributed by atoms with Crippen LogP contribution in [-0.4, -0.2) is 35.2 Å². The van der Waals surface area contributed by atoms with E-state index in [-0.39, 0.29) is 12.0 Å². The molecule has 1 fully saturated rings. The molecule has 2 N–H and O–H groups in total. The topological polar surface area (TPSA) is 76.2 Å². The van der Waals surface area contributed by atoms with Crippen LogP contribution in [0.15, 0.2) is 24.4 Å². The summed E-state index contributed by atoms with van der Waals surface area (Å²) in [5, 5.41) is 2.90. The molecule has 0 saturated carbocycles. The Hall–Kier alpha value is -2.60. The second-order valence-corrected chi connectivity index (χ2v) is 7.00. The number of benzene rings is 1. The molecule has 2 aromatic rings. The third kappa shape index (κ3) is 3.37. The molecule has 1 aromatic heterocycles. The van der Waals surface area contributed by atoms with Crippen LogP contribution in [0.3, 0.4) is 0 Å². The van der Waals surface area contributed by atoms with Crippen molar-refractivity contribution in [3.8, 4) is 5.75 Å². The molecule has 2 aliphatic rings. The van der Waals surface area contributed by atoms with Crippen molar-refractivity contribution in [1.29, 1.82) is 0 Å². The lowest BCUT2D eigenvalue weighted by molar-refractivity contribution is -0.110. The van der Waals surface area contributed by atoms with Gasteiger partial charge in [-0.3, -0.25) is 4.79 Å². The van der Waals surface area contributed by atoms with Gasteiger partial charge in [0.25, 0.3) is 5.91 Å². The van der Waals surface area contributed by atoms with E-state index in [4.69, 9.17) is 9.47 Å². The number of hydrogen-bond acceptors (Lipinski definition) is 4. The monoisotopic (exact) mass is 353 g/mol. The maximum Gasteiger partial charge on any atom is 0.256 e. The van der Waals surface area contributed by atoms with E-state index in [0.29, 0.717) is 17.3 Å². The van der Waals surface area contributed by atoms with Gasteiger partial charge in [0.1, 0.15) is 11.6 Å². The Morgan fingerprint density at radius 3 is 2.88 bits per heavy atom. The molecular weight excluding hydrogens is 330 g/mol. The number of amides is 1. The number of ether oxygens (including phenoxy) is 2. The van der Waals surface area contributed by atoms with Crippen LogP contribution in [0.5, 0.6) is 5.75 Å². The normalized spacial score (nSPS) is 19.0. The zero-order chi connectivity index (χ0) is 18.1. The smallest absolute Gasteiger partial charge is 0.256 e. The Labute approximate surface area is 152 Å². The van der Waals surface area contributed by atoms with E-state index >= 15 is 0 Å². The molecule has 2 aliphatic heterocycles. The number of rotatable bonds is 4. The van der Waals surface area contributed by atoms with Gasteiger partial charge in [0.15, 0.2) is 0 Å². The molecule has 1 saturated heterocycles. The first-order chi connectivity index (χ1) is 12.6. The van der Waals surface area contributed by atoms with Crippen molar-refractivity contribution in [3.05, 3.63) is 41.5 Å². The van der Waals surface area contributed by atoms with Crippen LogP contribution in [0.25, 0.3) is 11.6 Å². The third-order valence-corrected chi connectivity index (χ3v) is 4.70. The quantitative estimate of drug-likeness (QED) is 0.824. The maximum absolute atomic E-state index is 12.4. The van der Waals surface area contributed by atoms with Gasteiger partial charge in [0.2, 0.25) is 0 Å². The Kier molecular flexibility index (Phi) is 4.51. The molecule has 0 aliphatic carbocycles. The molecule has 1 aromatic carbocycles. The van der Waals surface area contributed by atoms with Crippen LogP contribution in [-0.2, 0) is 9.53 Å². The van der Waals surface area contributed by atoms with Crippen LogP contribution in [0, 0.1) is 0 Å². The summed E-state index contributed by atoms with van der Waals surface area (Å²) < 4.78 is 11.2. The number of nitrogens with one attached hydrogen (secondary N) is 2. The maximum atomic E-state index is 12.4. The molecule has 0 unspecified atom stereocenters. The highest BCUT2D eigenvalue weighted by Crippen LogP contribution is 2.36. The van der Waals surface area contributed by atoms with E-state index in [1.54, 1.807) is 0 Å². The predicted octanol–water partition coefficient (Wildman–Crippen LogP) is 3.58. The minimum Gasteiger partial charge on any atom is -0.491 e. The average molecular weight is 353 g/mol. The highest BCUT2D eigenvalue weighted by Gasteiger charge is 2.25. The van der Waals surface area contributed by atoms with Gasteiger partial charge in [-0.25, -0.2) is 4.98 Å². The summed E-state index contributed by atoms with van der Waals surface area (Å²) in [6.45, 7) is 5.53. The fraction of sp³-hybridized carbons (Fsp3) is 0.400. The van der Waals surface area contributed by atoms with Gasteiger partial charge in [-0.05, 0) is 51.0 Å². The van der Waals surface area contributed by atoms with E-state index in [1.807, 2.05) is 44.3 Å². The van der Waals surface area contributed by atoms with E-state index in [1.165, 1.54) is 0 Å². The van der Waals surface area contributed by atoms with Crippen LogP contribution in [0.1, 0.15) is 49.7 Å². The van der Waals surface area contributed by atoms with Gasteiger partial charge in [0, 0.05) is 42.3 Å². The number of hydrogen-bond donors (Lipinski definition) is 2. The minimum absolute atomic E-state index is 0.0812. The molecular formula is C20H23N3O3. The molecule has 3 heterocycles. The van der Waals surface area contributed by atoms with Gasteiger partial charge in [0.05, 0.1) is 11.7 Å². The SMILES string of the molecule is CC(C)Oc1ccc2c(c1)C(=Cc1ncc(C3CCOCC3)[nH]1)C(=O)N2. The Morgan fingerprint density at radius 1 is 1.31 bits per heavy atom. The van der Waals surface area contributed by atoms with Crippen molar-refractivity contribution in [1.82, 2.24) is 9.97 Å². The lowest BCUT2D eigenvalue weighted by Gasteiger charge is -2.20. The van der Waals surface area contributed by atoms with Gasteiger partial charge in [-0.1, -0.05) is 0 Å². The fourth-order valence-electron chi connectivity index (χ4n) is 3.43. The number of H-pyrrole nitrogens is 1. The summed E-state index contributed by atoms with van der Waals surface area (Å²) in [5.74, 6) is 1.77. The first kappa shape index (κ1) is 16.8. The summed E-state index contributed by atoms with van der Waals surface area (Å²) in [6, 6.07) is 5.65. The summed E-state index contributed by atoms with van der Waals surface area (Å²) in [4.78, 5) is 20.2. The van der Waals surface area contributed by atoms with Crippen LogP contribution in [0.4, 0.5) is 5.69 Å². The standard InChI is InChI=1S/C20H23N3O3/c1-12(2)26-14-3-4-17-15(9-14)16(20(24)23-17)10-19-21-11-18(22-19)13-5-7-25-8-6-13/h3-4,9-13H,5-8H2,1-2H3,(H,21,22)(H,23,24). The number of carbonyl (C=O) groups is 1. The lowest BCUT2D eigenvalue weighted by atomic mass is 9.97. The van der Waals surface area contributed by atoms with Gasteiger partial charge in [-0.2, -0.15) is 0 Å². The van der Waals surface area contributed by atoms with E-state index in [9.17, 15) is 4.79 Å². The molecule has 0 atom stereocenters. The second kappa shape index (κ2) is 6.96. The van der Waals surface area contributed by atoms with Gasteiger partial charge < -0.3 is 19.8 Å². The highest BCUT2D eigenvalue weighted by atomic mass is 16.5. The van der Waals surface area contributed by atoms with Crippen molar-refractivity contribution in [3.63, 3.8) is 0 Å². The van der Waals surface area contributed by atoms with Crippen LogP contribution < -0.4 is 10.1 Å². The van der Waals surface area contributed by atoms with Gasteiger partial charge >= 0.3 is 0 Å². The summed E-state index contributed by atoms with van der Waals surface area (Å²) in [6.07, 6.45) is 5.75. The lowest BCUT2D eigenvalue weighted by Crippen LogP contribution is -2.14. The van der Waals surface area contributed by atoms with Crippen molar-refractivity contribution in [2.24, 2.45) is 0 Å². The Balaban J connectivity index is 1.62. The molecule has 136 valence electrons. The van der Waals surface area contributed by atoms with E-state index in [0.717, 1.165) is 48.7 Å². The molecule has 4 rings (SSSR count). The molecule has 6 heteroatoms. The number of aromatic amines is 1. The second-order valence-electron chi connectivity index (χ2n) is 7.00. The van der Waals surface area contributed by atoms with Crippen LogP contribution in [0.2, 0.25) is 0 Å². The fourth-order valence-corrected chi connectivity index (χ4v) is 3.43. The number of nitrogens with zero attached hydrogens (tertiary/aromatic N) is 1. The number of anilines is 1. The zero-order valence-corrected chi connectivity index (χ0v) is 15.0. The first-order valence-electron chi connectivity index (χ1n) is 9.07. The number of carbonyl (C=O) groups excluding carboxylic acids is 1. The number of aromatic nitrogens is 2. The Morgan fingerprint density at radius 2 is 2.12 bits per heavy atom.